The van der Waals surface area contributed by atoms with Crippen molar-refractivity contribution in [1.82, 2.24) is 9.88 Å². The van der Waals surface area contributed by atoms with Gasteiger partial charge in [-0.2, -0.15) is 0 Å². The number of para-hydroxylation sites is 1. The van der Waals surface area contributed by atoms with Crippen molar-refractivity contribution in [1.29, 1.82) is 0 Å². The number of carbonyl (C=O) groups excluding carboxylic acids is 1. The van der Waals surface area contributed by atoms with E-state index < -0.39 is 0 Å². The largest absolute Gasteiger partial charge is 0.398 e. The lowest BCUT2D eigenvalue weighted by Gasteiger charge is -2.21. The molecule has 0 radical (unpaired) electrons. The zero-order chi connectivity index (χ0) is 15.2. The molecule has 0 fully saturated rings. The third kappa shape index (κ3) is 4.57. The first kappa shape index (κ1) is 15.0. The van der Waals surface area contributed by atoms with Crippen LogP contribution in [-0.2, 0) is 17.9 Å². The smallest absolute Gasteiger partial charge is 0.231 e. The van der Waals surface area contributed by atoms with E-state index in [1.54, 1.807) is 0 Å². The Hall–Kier alpha value is -2.40. The fourth-order valence-corrected chi connectivity index (χ4v) is 2.22. The van der Waals surface area contributed by atoms with E-state index in [4.69, 9.17) is 11.5 Å². The van der Waals surface area contributed by atoms with Gasteiger partial charge in [-0.05, 0) is 30.7 Å². The van der Waals surface area contributed by atoms with Crippen LogP contribution >= 0.6 is 0 Å². The van der Waals surface area contributed by atoms with Crippen LogP contribution in [0.2, 0.25) is 0 Å². The van der Waals surface area contributed by atoms with Crippen LogP contribution in [-0.4, -0.2) is 22.3 Å². The summed E-state index contributed by atoms with van der Waals surface area (Å²) >= 11 is 0. The van der Waals surface area contributed by atoms with Gasteiger partial charge in [0.2, 0.25) is 5.91 Å². The predicted octanol–water partition coefficient (Wildman–Crippen LogP) is 1.46. The van der Waals surface area contributed by atoms with Gasteiger partial charge in [0.15, 0.2) is 0 Å². The lowest BCUT2D eigenvalue weighted by Crippen LogP contribution is -2.33. The Morgan fingerprint density at radius 3 is 2.57 bits per heavy atom. The first-order chi connectivity index (χ1) is 10.0. The van der Waals surface area contributed by atoms with Gasteiger partial charge in [-0.15, -0.1) is 0 Å². The normalized spacial score (nSPS) is 10.8. The average Bonchev–Trinajstić information content (AvgIpc) is 2.40. The van der Waals surface area contributed by atoms with Crippen LogP contribution in [0.3, 0.4) is 0 Å². The average molecular weight is 284 g/mol. The van der Waals surface area contributed by atoms with E-state index in [0.29, 0.717) is 18.8 Å². The summed E-state index contributed by atoms with van der Waals surface area (Å²) in [4.78, 5) is 17.7. The second-order valence-corrected chi connectivity index (χ2v) is 5.08. The second-order valence-electron chi connectivity index (χ2n) is 5.08. The van der Waals surface area contributed by atoms with Gasteiger partial charge < -0.3 is 11.5 Å². The maximum atomic E-state index is 11.3. The van der Waals surface area contributed by atoms with Crippen LogP contribution in [0.4, 0.5) is 5.69 Å². The van der Waals surface area contributed by atoms with Crippen LogP contribution in [0.15, 0.2) is 42.5 Å². The SMILES string of the molecule is Cc1cccc(CN(CC(N)=O)Cc2ccccc2N)n1. The van der Waals surface area contributed by atoms with Crippen molar-refractivity contribution in [2.75, 3.05) is 12.3 Å². The molecule has 0 bridgehead atoms. The molecule has 0 atom stereocenters. The van der Waals surface area contributed by atoms with Crippen molar-refractivity contribution in [2.24, 2.45) is 5.73 Å². The molecule has 110 valence electrons. The van der Waals surface area contributed by atoms with Gasteiger partial charge in [0.25, 0.3) is 0 Å². The number of aromatic nitrogens is 1. The molecule has 0 unspecified atom stereocenters. The summed E-state index contributed by atoms with van der Waals surface area (Å²) in [5.74, 6) is -0.364. The highest BCUT2D eigenvalue weighted by atomic mass is 16.1. The summed E-state index contributed by atoms with van der Waals surface area (Å²) in [5.41, 5.74) is 14.8. The number of amides is 1. The molecular formula is C16H20N4O. The van der Waals surface area contributed by atoms with Crippen LogP contribution in [0, 0.1) is 6.92 Å². The van der Waals surface area contributed by atoms with E-state index in [1.807, 2.05) is 54.3 Å². The first-order valence-corrected chi connectivity index (χ1v) is 6.81. The molecule has 0 aliphatic heterocycles. The molecule has 1 amide bonds. The zero-order valence-corrected chi connectivity index (χ0v) is 12.1. The van der Waals surface area contributed by atoms with E-state index in [9.17, 15) is 4.79 Å². The van der Waals surface area contributed by atoms with Crippen LogP contribution in [0.25, 0.3) is 0 Å². The van der Waals surface area contributed by atoms with Crippen molar-refractivity contribution in [2.45, 2.75) is 20.0 Å². The van der Waals surface area contributed by atoms with Gasteiger partial charge >= 0.3 is 0 Å². The molecule has 5 nitrogen and oxygen atoms in total. The molecule has 2 aromatic rings. The Morgan fingerprint density at radius 1 is 1.14 bits per heavy atom. The highest BCUT2D eigenvalue weighted by Gasteiger charge is 2.12. The molecule has 0 aliphatic rings. The molecule has 5 heteroatoms. The Morgan fingerprint density at radius 2 is 1.90 bits per heavy atom. The topological polar surface area (TPSA) is 85.2 Å². The van der Waals surface area contributed by atoms with Gasteiger partial charge in [-0.1, -0.05) is 24.3 Å². The summed E-state index contributed by atoms with van der Waals surface area (Å²) in [7, 11) is 0. The van der Waals surface area contributed by atoms with Gasteiger partial charge in [-0.25, -0.2) is 0 Å². The number of rotatable bonds is 6. The highest BCUT2D eigenvalue weighted by Crippen LogP contribution is 2.15. The number of carbonyl (C=O) groups is 1. The number of hydrogen-bond acceptors (Lipinski definition) is 4. The van der Waals surface area contributed by atoms with Crippen molar-refractivity contribution in [3.63, 3.8) is 0 Å². The molecule has 21 heavy (non-hydrogen) atoms. The molecule has 0 spiro atoms. The van der Waals surface area contributed by atoms with E-state index in [-0.39, 0.29) is 12.5 Å². The standard InChI is InChI=1S/C16H20N4O/c1-12-5-4-7-14(19-12)10-20(11-16(18)21)9-13-6-2-3-8-15(13)17/h2-8H,9-11,17H2,1H3,(H2,18,21). The molecule has 2 rings (SSSR count). The number of anilines is 1. The maximum absolute atomic E-state index is 11.3. The van der Waals surface area contributed by atoms with Gasteiger partial charge in [0.05, 0.1) is 12.2 Å². The van der Waals surface area contributed by atoms with E-state index in [0.717, 1.165) is 17.0 Å². The minimum atomic E-state index is -0.364. The number of aryl methyl sites for hydroxylation is 1. The third-order valence-corrected chi connectivity index (χ3v) is 3.16. The summed E-state index contributed by atoms with van der Waals surface area (Å²) in [6.07, 6.45) is 0. The Kier molecular flexibility index (Phi) is 4.90. The maximum Gasteiger partial charge on any atom is 0.231 e. The first-order valence-electron chi connectivity index (χ1n) is 6.81. The van der Waals surface area contributed by atoms with Crippen LogP contribution in [0.1, 0.15) is 17.0 Å². The third-order valence-electron chi connectivity index (χ3n) is 3.16. The number of hydrogen-bond donors (Lipinski definition) is 2. The molecule has 0 saturated heterocycles. The highest BCUT2D eigenvalue weighted by molar-refractivity contribution is 5.75. The molecule has 0 aliphatic carbocycles. The number of benzene rings is 1. The molecule has 0 saturated carbocycles. The molecule has 4 N–H and O–H groups in total. The second kappa shape index (κ2) is 6.85. The number of nitrogens with two attached hydrogens (primary N) is 2. The molecule has 1 aromatic heterocycles. The van der Waals surface area contributed by atoms with Crippen molar-refractivity contribution < 1.29 is 4.79 Å². The van der Waals surface area contributed by atoms with Crippen LogP contribution < -0.4 is 11.5 Å². The molecule has 1 heterocycles. The number of primary amides is 1. The van der Waals surface area contributed by atoms with Crippen molar-refractivity contribution >= 4 is 11.6 Å². The number of nitrogens with zero attached hydrogens (tertiary/aromatic N) is 2. The summed E-state index contributed by atoms with van der Waals surface area (Å²) in [5, 5.41) is 0. The van der Waals surface area contributed by atoms with E-state index in [2.05, 4.69) is 4.98 Å². The number of pyridine rings is 1. The zero-order valence-electron chi connectivity index (χ0n) is 12.1. The van der Waals surface area contributed by atoms with Gasteiger partial charge in [0, 0.05) is 24.5 Å². The Bertz CT molecular complexity index is 627. The van der Waals surface area contributed by atoms with Gasteiger partial charge in [0.1, 0.15) is 0 Å². The number of nitrogen functional groups attached to an aromatic ring is 1. The van der Waals surface area contributed by atoms with E-state index in [1.165, 1.54) is 0 Å². The van der Waals surface area contributed by atoms with Crippen molar-refractivity contribution in [3.05, 3.63) is 59.4 Å². The Balaban J connectivity index is 2.15. The molecular weight excluding hydrogens is 264 g/mol. The monoisotopic (exact) mass is 284 g/mol. The summed E-state index contributed by atoms with van der Waals surface area (Å²) in [6, 6.07) is 13.5. The summed E-state index contributed by atoms with van der Waals surface area (Å²) in [6.45, 7) is 3.23. The van der Waals surface area contributed by atoms with Crippen molar-refractivity contribution in [3.8, 4) is 0 Å². The van der Waals surface area contributed by atoms with E-state index >= 15 is 0 Å². The molecule has 1 aromatic carbocycles. The minimum absolute atomic E-state index is 0.171. The lowest BCUT2D eigenvalue weighted by atomic mass is 10.1. The van der Waals surface area contributed by atoms with Gasteiger partial charge in [-0.3, -0.25) is 14.7 Å². The minimum Gasteiger partial charge on any atom is -0.398 e. The van der Waals surface area contributed by atoms with Crippen LogP contribution in [0.5, 0.6) is 0 Å². The fourth-order valence-electron chi connectivity index (χ4n) is 2.22. The Labute approximate surface area is 124 Å². The lowest BCUT2D eigenvalue weighted by molar-refractivity contribution is -0.119. The predicted molar refractivity (Wildman–Crippen MR) is 83.1 cm³/mol. The quantitative estimate of drug-likeness (QED) is 0.786. The summed E-state index contributed by atoms with van der Waals surface area (Å²) < 4.78 is 0. The fraction of sp³-hybridized carbons (Fsp3) is 0.250.